The highest BCUT2D eigenvalue weighted by atomic mass is 35.5. The lowest BCUT2D eigenvalue weighted by molar-refractivity contribution is -0.119. The Labute approximate surface area is 117 Å². The van der Waals surface area contributed by atoms with Crippen LogP contribution in [0.15, 0.2) is 18.2 Å². The summed E-state index contributed by atoms with van der Waals surface area (Å²) >= 11 is 11.8. The fourth-order valence-electron chi connectivity index (χ4n) is 1.29. The maximum Gasteiger partial charge on any atom is 0.239 e. The third kappa shape index (κ3) is 5.58. The molecule has 0 atom stereocenters. The minimum absolute atomic E-state index is 0.0760. The molecule has 0 saturated heterocycles. The molecule has 0 heterocycles. The molecule has 0 fully saturated rings. The summed E-state index contributed by atoms with van der Waals surface area (Å²) in [6.07, 6.45) is 0. The number of amides is 1. The van der Waals surface area contributed by atoms with Crippen molar-refractivity contribution in [3.8, 4) is 0 Å². The van der Waals surface area contributed by atoms with Gasteiger partial charge in [-0.3, -0.25) is 4.79 Å². The summed E-state index contributed by atoms with van der Waals surface area (Å²) < 4.78 is 0. The van der Waals surface area contributed by atoms with E-state index in [0.717, 1.165) is 6.54 Å². The van der Waals surface area contributed by atoms with Gasteiger partial charge in [0.2, 0.25) is 5.91 Å². The van der Waals surface area contributed by atoms with Crippen molar-refractivity contribution in [2.75, 3.05) is 39.0 Å². The standard InChI is InChI=1S/C12H17Cl2N3O/c1-17(2)6-5-15-12(18)8-16-11-7-9(13)3-4-10(11)14/h3-4,7,16H,5-6,8H2,1-2H3,(H,15,18). The smallest absolute Gasteiger partial charge is 0.239 e. The summed E-state index contributed by atoms with van der Waals surface area (Å²) in [5.74, 6) is -0.0760. The van der Waals surface area contributed by atoms with E-state index in [0.29, 0.717) is 22.3 Å². The average molecular weight is 290 g/mol. The fourth-order valence-corrected chi connectivity index (χ4v) is 1.65. The Morgan fingerprint density at radius 3 is 2.72 bits per heavy atom. The van der Waals surface area contributed by atoms with Crippen LogP contribution in [-0.2, 0) is 4.79 Å². The Balaban J connectivity index is 2.36. The van der Waals surface area contributed by atoms with Crippen LogP contribution in [-0.4, -0.2) is 44.5 Å². The number of benzene rings is 1. The second-order valence-electron chi connectivity index (χ2n) is 4.13. The summed E-state index contributed by atoms with van der Waals surface area (Å²) in [6.45, 7) is 1.61. The van der Waals surface area contributed by atoms with Crippen LogP contribution in [0.3, 0.4) is 0 Å². The first-order valence-corrected chi connectivity index (χ1v) is 6.35. The molecule has 0 spiro atoms. The fraction of sp³-hybridized carbons (Fsp3) is 0.417. The molecule has 0 bridgehead atoms. The Bertz CT molecular complexity index is 410. The predicted molar refractivity (Wildman–Crippen MR) is 76.5 cm³/mol. The lowest BCUT2D eigenvalue weighted by Crippen LogP contribution is -2.35. The quantitative estimate of drug-likeness (QED) is 0.843. The monoisotopic (exact) mass is 289 g/mol. The molecule has 0 radical (unpaired) electrons. The van der Waals surface area contributed by atoms with Gasteiger partial charge in [0.1, 0.15) is 0 Å². The minimum atomic E-state index is -0.0760. The van der Waals surface area contributed by atoms with Crippen molar-refractivity contribution in [3.05, 3.63) is 28.2 Å². The van der Waals surface area contributed by atoms with Crippen LogP contribution in [0.5, 0.6) is 0 Å². The van der Waals surface area contributed by atoms with Gasteiger partial charge in [0, 0.05) is 18.1 Å². The number of nitrogens with zero attached hydrogens (tertiary/aromatic N) is 1. The van der Waals surface area contributed by atoms with E-state index in [9.17, 15) is 4.79 Å². The van der Waals surface area contributed by atoms with E-state index >= 15 is 0 Å². The van der Waals surface area contributed by atoms with Crippen LogP contribution in [0.1, 0.15) is 0 Å². The average Bonchev–Trinajstić information content (AvgIpc) is 2.30. The van der Waals surface area contributed by atoms with Crippen molar-refractivity contribution in [2.24, 2.45) is 0 Å². The maximum atomic E-state index is 11.5. The number of carbonyl (C=O) groups is 1. The van der Waals surface area contributed by atoms with E-state index in [1.54, 1.807) is 18.2 Å². The highest BCUT2D eigenvalue weighted by Crippen LogP contribution is 2.24. The highest BCUT2D eigenvalue weighted by molar-refractivity contribution is 6.35. The van der Waals surface area contributed by atoms with Crippen LogP contribution in [0, 0.1) is 0 Å². The molecule has 1 aromatic carbocycles. The third-order valence-electron chi connectivity index (χ3n) is 2.25. The first-order chi connectivity index (χ1) is 8.49. The highest BCUT2D eigenvalue weighted by Gasteiger charge is 2.04. The van der Waals surface area contributed by atoms with Crippen molar-refractivity contribution in [1.82, 2.24) is 10.2 Å². The molecule has 6 heteroatoms. The van der Waals surface area contributed by atoms with Crippen molar-refractivity contribution in [1.29, 1.82) is 0 Å². The molecule has 1 amide bonds. The second-order valence-corrected chi connectivity index (χ2v) is 4.97. The van der Waals surface area contributed by atoms with Gasteiger partial charge in [0.15, 0.2) is 0 Å². The molecular weight excluding hydrogens is 273 g/mol. The Morgan fingerprint density at radius 2 is 2.06 bits per heavy atom. The summed E-state index contributed by atoms with van der Waals surface area (Å²) in [4.78, 5) is 13.5. The van der Waals surface area contributed by atoms with Crippen LogP contribution >= 0.6 is 23.2 Å². The van der Waals surface area contributed by atoms with Gasteiger partial charge in [0.05, 0.1) is 17.3 Å². The van der Waals surface area contributed by atoms with Gasteiger partial charge < -0.3 is 15.5 Å². The zero-order valence-electron chi connectivity index (χ0n) is 10.5. The molecule has 1 aromatic rings. The number of rotatable bonds is 6. The van der Waals surface area contributed by atoms with Crippen molar-refractivity contribution >= 4 is 34.8 Å². The number of hydrogen-bond donors (Lipinski definition) is 2. The molecule has 0 unspecified atom stereocenters. The van der Waals surface area contributed by atoms with E-state index in [4.69, 9.17) is 23.2 Å². The number of halogens is 2. The number of hydrogen-bond acceptors (Lipinski definition) is 3. The zero-order chi connectivity index (χ0) is 13.5. The molecule has 18 heavy (non-hydrogen) atoms. The first kappa shape index (κ1) is 15.1. The predicted octanol–water partition coefficient (Wildman–Crippen LogP) is 2.08. The lowest BCUT2D eigenvalue weighted by Gasteiger charge is -2.12. The summed E-state index contributed by atoms with van der Waals surface area (Å²) in [6, 6.07) is 5.08. The van der Waals surface area contributed by atoms with Crippen LogP contribution in [0.2, 0.25) is 10.0 Å². The topological polar surface area (TPSA) is 44.4 Å². The van der Waals surface area contributed by atoms with Gasteiger partial charge in [-0.1, -0.05) is 23.2 Å². The van der Waals surface area contributed by atoms with Crippen molar-refractivity contribution in [2.45, 2.75) is 0 Å². The van der Waals surface area contributed by atoms with E-state index < -0.39 is 0 Å². The second kappa shape index (κ2) is 7.46. The van der Waals surface area contributed by atoms with E-state index in [1.165, 1.54) is 0 Å². The number of nitrogens with one attached hydrogen (secondary N) is 2. The van der Waals surface area contributed by atoms with Crippen molar-refractivity contribution < 1.29 is 4.79 Å². The van der Waals surface area contributed by atoms with Crippen LogP contribution in [0.4, 0.5) is 5.69 Å². The molecule has 0 aliphatic carbocycles. The summed E-state index contributed by atoms with van der Waals surface area (Å²) in [7, 11) is 3.91. The Morgan fingerprint density at radius 1 is 1.33 bits per heavy atom. The molecule has 1 rings (SSSR count). The molecule has 0 aliphatic rings. The van der Waals surface area contributed by atoms with E-state index in [-0.39, 0.29) is 12.5 Å². The maximum absolute atomic E-state index is 11.5. The molecular formula is C12H17Cl2N3O. The molecule has 0 aromatic heterocycles. The van der Waals surface area contributed by atoms with Crippen molar-refractivity contribution in [3.63, 3.8) is 0 Å². The SMILES string of the molecule is CN(C)CCNC(=O)CNc1cc(Cl)ccc1Cl. The third-order valence-corrected chi connectivity index (χ3v) is 2.81. The van der Waals surface area contributed by atoms with Gasteiger partial charge in [-0.15, -0.1) is 0 Å². The zero-order valence-corrected chi connectivity index (χ0v) is 12.0. The van der Waals surface area contributed by atoms with Gasteiger partial charge in [-0.2, -0.15) is 0 Å². The molecule has 100 valence electrons. The molecule has 2 N–H and O–H groups in total. The van der Waals surface area contributed by atoms with Gasteiger partial charge >= 0.3 is 0 Å². The van der Waals surface area contributed by atoms with Crippen LogP contribution in [0.25, 0.3) is 0 Å². The summed E-state index contributed by atoms with van der Waals surface area (Å²) in [5, 5.41) is 6.87. The number of anilines is 1. The first-order valence-electron chi connectivity index (χ1n) is 5.59. The van der Waals surface area contributed by atoms with Gasteiger partial charge in [0.25, 0.3) is 0 Å². The Hall–Kier alpha value is -0.970. The molecule has 0 aliphatic heterocycles. The van der Waals surface area contributed by atoms with Gasteiger partial charge in [-0.05, 0) is 32.3 Å². The largest absolute Gasteiger partial charge is 0.375 e. The van der Waals surface area contributed by atoms with Crippen LogP contribution < -0.4 is 10.6 Å². The van der Waals surface area contributed by atoms with E-state index in [2.05, 4.69) is 10.6 Å². The lowest BCUT2D eigenvalue weighted by atomic mass is 10.3. The number of carbonyl (C=O) groups excluding carboxylic acids is 1. The molecule has 0 saturated carbocycles. The van der Waals surface area contributed by atoms with Gasteiger partial charge in [-0.25, -0.2) is 0 Å². The minimum Gasteiger partial charge on any atom is -0.375 e. The Kier molecular flexibility index (Phi) is 6.25. The molecule has 4 nitrogen and oxygen atoms in total. The summed E-state index contributed by atoms with van der Waals surface area (Å²) in [5.41, 5.74) is 0.659. The number of likely N-dealkylation sites (N-methyl/N-ethyl adjacent to an activating group) is 1. The normalized spacial score (nSPS) is 10.5. The van der Waals surface area contributed by atoms with E-state index in [1.807, 2.05) is 19.0 Å².